The van der Waals surface area contributed by atoms with Crippen molar-refractivity contribution in [3.05, 3.63) is 24.3 Å². The first-order valence-electron chi connectivity index (χ1n) is 5.55. The topological polar surface area (TPSA) is 105 Å². The minimum Gasteiger partial charge on any atom is -0.486 e. The smallest absolute Gasteiger partial charge is 0.235 e. The number of amidine groups is 1. The number of ether oxygens (including phenoxy) is 1. The van der Waals surface area contributed by atoms with Gasteiger partial charge < -0.3 is 10.5 Å². The SMILES string of the molecule is N=C(N)COc1cccc(NS(=O)(=O)C2CC2)c1. The molecule has 18 heavy (non-hydrogen) atoms. The Kier molecular flexibility index (Phi) is 3.42. The maximum Gasteiger partial charge on any atom is 0.235 e. The molecule has 0 aliphatic heterocycles. The molecule has 0 unspecified atom stereocenters. The fraction of sp³-hybridized carbons (Fsp3) is 0.364. The molecule has 0 aromatic heterocycles. The highest BCUT2D eigenvalue weighted by atomic mass is 32.2. The third-order valence-electron chi connectivity index (χ3n) is 2.45. The number of rotatable bonds is 6. The third-order valence-corrected chi connectivity index (χ3v) is 4.32. The summed E-state index contributed by atoms with van der Waals surface area (Å²) < 4.78 is 31.2. The molecule has 0 bridgehead atoms. The lowest BCUT2D eigenvalue weighted by Gasteiger charge is -2.09. The molecule has 0 heterocycles. The second-order valence-corrected chi connectivity index (χ2v) is 6.15. The van der Waals surface area contributed by atoms with Gasteiger partial charge in [0.2, 0.25) is 10.0 Å². The van der Waals surface area contributed by atoms with Gasteiger partial charge in [0.05, 0.1) is 10.9 Å². The second kappa shape index (κ2) is 4.85. The fourth-order valence-electron chi connectivity index (χ4n) is 1.44. The first kappa shape index (κ1) is 12.7. The maximum absolute atomic E-state index is 11.7. The summed E-state index contributed by atoms with van der Waals surface area (Å²) in [6.07, 6.45) is 1.44. The van der Waals surface area contributed by atoms with E-state index in [-0.39, 0.29) is 17.7 Å². The number of hydrogen-bond acceptors (Lipinski definition) is 4. The summed E-state index contributed by atoms with van der Waals surface area (Å²) in [5, 5.41) is 6.78. The molecule has 0 spiro atoms. The van der Waals surface area contributed by atoms with Crippen molar-refractivity contribution >= 4 is 21.5 Å². The van der Waals surface area contributed by atoms with Gasteiger partial charge in [0, 0.05) is 6.07 Å². The highest BCUT2D eigenvalue weighted by Crippen LogP contribution is 2.30. The molecule has 1 aliphatic carbocycles. The lowest BCUT2D eigenvalue weighted by atomic mass is 10.3. The quantitative estimate of drug-likeness (QED) is 0.527. The molecular formula is C11H15N3O3S. The van der Waals surface area contributed by atoms with Crippen LogP contribution in [0.25, 0.3) is 0 Å². The van der Waals surface area contributed by atoms with Crippen molar-refractivity contribution in [2.75, 3.05) is 11.3 Å². The molecular weight excluding hydrogens is 254 g/mol. The lowest BCUT2D eigenvalue weighted by Crippen LogP contribution is -2.19. The first-order valence-corrected chi connectivity index (χ1v) is 7.09. The molecule has 98 valence electrons. The van der Waals surface area contributed by atoms with E-state index in [0.29, 0.717) is 11.4 Å². The van der Waals surface area contributed by atoms with Gasteiger partial charge in [0.1, 0.15) is 18.2 Å². The zero-order valence-corrected chi connectivity index (χ0v) is 10.5. The van der Waals surface area contributed by atoms with Gasteiger partial charge in [-0.1, -0.05) is 6.07 Å². The van der Waals surface area contributed by atoms with Crippen molar-refractivity contribution in [2.24, 2.45) is 5.73 Å². The Morgan fingerprint density at radius 3 is 2.83 bits per heavy atom. The van der Waals surface area contributed by atoms with Crippen molar-refractivity contribution in [3.8, 4) is 5.75 Å². The summed E-state index contributed by atoms with van der Waals surface area (Å²) in [6.45, 7) is -0.0151. The van der Waals surface area contributed by atoms with Crippen LogP contribution in [0.5, 0.6) is 5.75 Å². The van der Waals surface area contributed by atoms with E-state index in [9.17, 15) is 8.42 Å². The van der Waals surface area contributed by atoms with E-state index >= 15 is 0 Å². The number of nitrogens with two attached hydrogens (primary N) is 1. The van der Waals surface area contributed by atoms with Crippen molar-refractivity contribution < 1.29 is 13.2 Å². The van der Waals surface area contributed by atoms with Gasteiger partial charge >= 0.3 is 0 Å². The predicted octanol–water partition coefficient (Wildman–Crippen LogP) is 0.905. The van der Waals surface area contributed by atoms with Crippen molar-refractivity contribution in [2.45, 2.75) is 18.1 Å². The highest BCUT2D eigenvalue weighted by molar-refractivity contribution is 7.93. The number of hydrogen-bond donors (Lipinski definition) is 3. The van der Waals surface area contributed by atoms with E-state index in [1.54, 1.807) is 24.3 Å². The van der Waals surface area contributed by atoms with Gasteiger partial charge in [-0.15, -0.1) is 0 Å². The number of anilines is 1. The van der Waals surface area contributed by atoms with Crippen LogP contribution in [0.15, 0.2) is 24.3 Å². The Labute approximate surface area is 106 Å². The number of sulfonamides is 1. The van der Waals surface area contributed by atoms with Crippen LogP contribution in [-0.2, 0) is 10.0 Å². The highest BCUT2D eigenvalue weighted by Gasteiger charge is 2.35. The summed E-state index contributed by atoms with van der Waals surface area (Å²) >= 11 is 0. The molecule has 2 rings (SSSR count). The Bertz CT molecular complexity index is 552. The normalized spacial score (nSPS) is 15.1. The van der Waals surface area contributed by atoms with Gasteiger partial charge in [0.25, 0.3) is 0 Å². The molecule has 6 nitrogen and oxygen atoms in total. The zero-order valence-electron chi connectivity index (χ0n) is 9.72. The molecule has 1 fully saturated rings. The molecule has 1 aliphatic rings. The summed E-state index contributed by atoms with van der Waals surface area (Å²) in [5.41, 5.74) is 5.64. The first-order chi connectivity index (χ1) is 8.47. The Balaban J connectivity index is 2.05. The summed E-state index contributed by atoms with van der Waals surface area (Å²) in [4.78, 5) is 0. The van der Waals surface area contributed by atoms with E-state index in [2.05, 4.69) is 4.72 Å². The van der Waals surface area contributed by atoms with E-state index < -0.39 is 10.0 Å². The molecule has 1 aromatic carbocycles. The Morgan fingerprint density at radius 1 is 1.50 bits per heavy atom. The van der Waals surface area contributed by atoms with Crippen molar-refractivity contribution in [1.82, 2.24) is 0 Å². The predicted molar refractivity (Wildman–Crippen MR) is 69.4 cm³/mol. The summed E-state index contributed by atoms with van der Waals surface area (Å²) in [5.74, 6) is 0.389. The molecule has 0 saturated heterocycles. The average Bonchev–Trinajstić information content (AvgIpc) is 3.10. The minimum atomic E-state index is -3.26. The standard InChI is InChI=1S/C11H15N3O3S/c12-11(13)7-17-9-3-1-2-8(6-9)14-18(15,16)10-4-5-10/h1-3,6,10,14H,4-5,7H2,(H3,12,13). The van der Waals surface area contributed by atoms with Gasteiger partial charge in [-0.05, 0) is 25.0 Å². The van der Waals surface area contributed by atoms with Crippen LogP contribution in [0.4, 0.5) is 5.69 Å². The van der Waals surface area contributed by atoms with Crippen LogP contribution < -0.4 is 15.2 Å². The lowest BCUT2D eigenvalue weighted by molar-refractivity contribution is 0.374. The van der Waals surface area contributed by atoms with Crippen LogP contribution in [-0.4, -0.2) is 26.1 Å². The molecule has 0 radical (unpaired) electrons. The fourth-order valence-corrected chi connectivity index (χ4v) is 2.82. The second-order valence-electron chi connectivity index (χ2n) is 4.19. The Hall–Kier alpha value is -1.76. The van der Waals surface area contributed by atoms with Gasteiger partial charge in [-0.3, -0.25) is 10.1 Å². The van der Waals surface area contributed by atoms with Crippen LogP contribution in [0.1, 0.15) is 12.8 Å². The molecule has 4 N–H and O–H groups in total. The van der Waals surface area contributed by atoms with E-state index in [4.69, 9.17) is 15.9 Å². The molecule has 1 saturated carbocycles. The van der Waals surface area contributed by atoms with Crippen molar-refractivity contribution in [3.63, 3.8) is 0 Å². The summed E-state index contributed by atoms with van der Waals surface area (Å²) in [6, 6.07) is 6.58. The molecule has 0 amide bonds. The molecule has 7 heteroatoms. The molecule has 1 aromatic rings. The minimum absolute atomic E-state index is 0.0151. The summed E-state index contributed by atoms with van der Waals surface area (Å²) in [7, 11) is -3.26. The van der Waals surface area contributed by atoms with Crippen molar-refractivity contribution in [1.29, 1.82) is 5.41 Å². The Morgan fingerprint density at radius 2 is 2.22 bits per heavy atom. The van der Waals surface area contributed by atoms with Crippen LogP contribution in [0.3, 0.4) is 0 Å². The largest absolute Gasteiger partial charge is 0.486 e. The monoisotopic (exact) mass is 269 g/mol. The molecule has 0 atom stereocenters. The van der Waals surface area contributed by atoms with Crippen LogP contribution in [0, 0.1) is 5.41 Å². The van der Waals surface area contributed by atoms with Gasteiger partial charge in [0.15, 0.2) is 0 Å². The van der Waals surface area contributed by atoms with Crippen LogP contribution in [0.2, 0.25) is 0 Å². The van der Waals surface area contributed by atoms with Crippen LogP contribution >= 0.6 is 0 Å². The maximum atomic E-state index is 11.7. The number of benzene rings is 1. The average molecular weight is 269 g/mol. The zero-order chi connectivity index (χ0) is 13.2. The van der Waals surface area contributed by atoms with Gasteiger partial charge in [-0.25, -0.2) is 8.42 Å². The third kappa shape index (κ3) is 3.36. The number of nitrogens with one attached hydrogen (secondary N) is 2. The van der Waals surface area contributed by atoms with E-state index in [0.717, 1.165) is 12.8 Å². The van der Waals surface area contributed by atoms with E-state index in [1.165, 1.54) is 0 Å². The van der Waals surface area contributed by atoms with E-state index in [1.807, 2.05) is 0 Å². The van der Waals surface area contributed by atoms with Gasteiger partial charge in [-0.2, -0.15) is 0 Å².